The molecular formula is C5H4ClFN2O. The van der Waals surface area contributed by atoms with Gasteiger partial charge in [-0.25, -0.2) is 0 Å². The van der Waals surface area contributed by atoms with Crippen LogP contribution in [-0.2, 0) is 0 Å². The van der Waals surface area contributed by atoms with Crippen molar-refractivity contribution < 1.29 is 4.39 Å². The van der Waals surface area contributed by atoms with Crippen LogP contribution in [0.3, 0.4) is 0 Å². The normalized spacial score (nSPS) is 9.80. The third kappa shape index (κ3) is 1.11. The summed E-state index contributed by atoms with van der Waals surface area (Å²) in [5, 5.41) is -0.250. The molecule has 0 aromatic carbocycles. The van der Waals surface area contributed by atoms with Gasteiger partial charge >= 0.3 is 0 Å². The molecule has 0 atom stereocenters. The minimum Gasteiger partial charge on any atom is -0.397 e. The summed E-state index contributed by atoms with van der Waals surface area (Å²) in [4.78, 5) is 12.3. The van der Waals surface area contributed by atoms with Crippen LogP contribution in [0, 0.1) is 5.95 Å². The minimum absolute atomic E-state index is 0.0529. The van der Waals surface area contributed by atoms with Gasteiger partial charge < -0.3 is 5.73 Å². The fourth-order valence-electron chi connectivity index (χ4n) is 0.530. The lowest BCUT2D eigenvalue weighted by atomic mass is 10.4. The number of hydrogen-bond donors (Lipinski definition) is 2. The third-order valence-electron chi connectivity index (χ3n) is 0.966. The van der Waals surface area contributed by atoms with Crippen LogP contribution in [0.5, 0.6) is 0 Å². The van der Waals surface area contributed by atoms with Crippen LogP contribution in [0.1, 0.15) is 0 Å². The van der Waals surface area contributed by atoms with Crippen LogP contribution in [0.15, 0.2) is 10.9 Å². The predicted molar refractivity (Wildman–Crippen MR) is 36.4 cm³/mol. The summed E-state index contributed by atoms with van der Waals surface area (Å²) in [6.07, 6.45) is 0. The zero-order valence-electron chi connectivity index (χ0n) is 4.82. The van der Waals surface area contributed by atoms with Gasteiger partial charge in [-0.15, -0.1) is 0 Å². The van der Waals surface area contributed by atoms with E-state index in [0.29, 0.717) is 0 Å². The summed E-state index contributed by atoms with van der Waals surface area (Å²) in [5.41, 5.74) is 4.48. The highest BCUT2D eigenvalue weighted by Crippen LogP contribution is 2.16. The van der Waals surface area contributed by atoms with Crippen molar-refractivity contribution >= 4 is 17.3 Å². The maximum atomic E-state index is 12.4. The Kier molecular flexibility index (Phi) is 1.63. The molecule has 1 aromatic rings. The van der Waals surface area contributed by atoms with Crippen molar-refractivity contribution in [2.24, 2.45) is 0 Å². The molecule has 0 amide bonds. The summed E-state index contributed by atoms with van der Waals surface area (Å²) in [6, 6.07) is 1.02. The Labute approximate surface area is 60.6 Å². The maximum Gasteiger partial charge on any atom is 0.252 e. The topological polar surface area (TPSA) is 58.9 Å². The lowest BCUT2D eigenvalue weighted by Gasteiger charge is -1.95. The lowest BCUT2D eigenvalue weighted by molar-refractivity contribution is 0.581. The molecule has 0 unspecified atom stereocenters. The highest BCUT2D eigenvalue weighted by atomic mass is 35.5. The monoisotopic (exact) mass is 162 g/mol. The van der Waals surface area contributed by atoms with Crippen molar-refractivity contribution in [3.63, 3.8) is 0 Å². The molecule has 10 heavy (non-hydrogen) atoms. The van der Waals surface area contributed by atoms with Crippen LogP contribution in [0.2, 0.25) is 5.02 Å². The van der Waals surface area contributed by atoms with Gasteiger partial charge in [0.1, 0.15) is 5.02 Å². The van der Waals surface area contributed by atoms with Crippen molar-refractivity contribution in [2.45, 2.75) is 0 Å². The first kappa shape index (κ1) is 7.08. The van der Waals surface area contributed by atoms with E-state index in [1.54, 1.807) is 0 Å². The highest BCUT2D eigenvalue weighted by molar-refractivity contribution is 6.33. The zero-order valence-corrected chi connectivity index (χ0v) is 5.57. The molecule has 1 heterocycles. The summed E-state index contributed by atoms with van der Waals surface area (Å²) >= 11 is 5.28. The van der Waals surface area contributed by atoms with Gasteiger partial charge in [0.25, 0.3) is 5.56 Å². The van der Waals surface area contributed by atoms with Gasteiger partial charge in [-0.05, 0) is 0 Å². The van der Waals surface area contributed by atoms with E-state index in [1.165, 1.54) is 0 Å². The largest absolute Gasteiger partial charge is 0.397 e. The van der Waals surface area contributed by atoms with Crippen LogP contribution < -0.4 is 11.3 Å². The second-order valence-corrected chi connectivity index (χ2v) is 2.09. The molecule has 0 fully saturated rings. The first-order valence-electron chi connectivity index (χ1n) is 2.45. The Bertz CT molecular complexity index is 283. The molecule has 1 aromatic heterocycles. The van der Waals surface area contributed by atoms with Crippen molar-refractivity contribution in [1.82, 2.24) is 4.98 Å². The molecule has 0 radical (unpaired) electrons. The SMILES string of the molecule is Nc1cc(=O)[nH]c(F)c1Cl. The van der Waals surface area contributed by atoms with Crippen molar-refractivity contribution in [2.75, 3.05) is 5.73 Å². The summed E-state index contributed by atoms with van der Waals surface area (Å²) < 4.78 is 12.4. The molecule has 54 valence electrons. The minimum atomic E-state index is -0.897. The number of rotatable bonds is 0. The number of anilines is 1. The molecule has 3 nitrogen and oxygen atoms in total. The van der Waals surface area contributed by atoms with Gasteiger partial charge in [-0.3, -0.25) is 9.78 Å². The van der Waals surface area contributed by atoms with Crippen molar-refractivity contribution in [3.05, 3.63) is 27.4 Å². The smallest absolute Gasteiger partial charge is 0.252 e. The number of nitrogens with one attached hydrogen (secondary N) is 1. The van der Waals surface area contributed by atoms with Gasteiger partial charge in [0.15, 0.2) is 0 Å². The van der Waals surface area contributed by atoms with E-state index in [-0.39, 0.29) is 10.7 Å². The van der Waals surface area contributed by atoms with Gasteiger partial charge in [-0.2, -0.15) is 4.39 Å². The number of aromatic amines is 1. The van der Waals surface area contributed by atoms with E-state index in [0.717, 1.165) is 6.07 Å². The number of pyridine rings is 1. The fraction of sp³-hybridized carbons (Fsp3) is 0. The third-order valence-corrected chi connectivity index (χ3v) is 1.35. The standard InChI is InChI=1S/C5H4ClFN2O/c6-4-2(8)1-3(10)9-5(4)7/h1H,(H3,8,9,10). The van der Waals surface area contributed by atoms with Crippen LogP contribution >= 0.6 is 11.6 Å². The molecule has 0 aliphatic heterocycles. The Morgan fingerprint density at radius 3 is 2.80 bits per heavy atom. The van der Waals surface area contributed by atoms with E-state index in [2.05, 4.69) is 0 Å². The highest BCUT2D eigenvalue weighted by Gasteiger charge is 2.03. The number of nitrogens with two attached hydrogens (primary N) is 1. The average Bonchev–Trinajstić information content (AvgIpc) is 1.82. The Morgan fingerprint density at radius 2 is 2.30 bits per heavy atom. The van der Waals surface area contributed by atoms with E-state index in [1.807, 2.05) is 4.98 Å². The summed E-state index contributed by atoms with van der Waals surface area (Å²) in [5.74, 6) is -0.897. The molecule has 0 spiro atoms. The molecule has 0 aliphatic rings. The van der Waals surface area contributed by atoms with E-state index >= 15 is 0 Å². The second kappa shape index (κ2) is 2.30. The number of aromatic nitrogens is 1. The summed E-state index contributed by atoms with van der Waals surface area (Å²) in [6.45, 7) is 0. The Balaban J connectivity index is 3.46. The molecule has 0 bridgehead atoms. The van der Waals surface area contributed by atoms with Crippen LogP contribution in [-0.4, -0.2) is 4.98 Å². The first-order chi connectivity index (χ1) is 4.61. The average molecular weight is 163 g/mol. The lowest BCUT2D eigenvalue weighted by Crippen LogP contribution is -2.08. The Hall–Kier alpha value is -1.03. The van der Waals surface area contributed by atoms with E-state index < -0.39 is 11.5 Å². The predicted octanol–water partition coefficient (Wildman–Crippen LogP) is 0.750. The van der Waals surface area contributed by atoms with Gasteiger partial charge in [0.2, 0.25) is 5.95 Å². The fourth-order valence-corrected chi connectivity index (χ4v) is 0.632. The number of halogens is 2. The molecule has 0 aliphatic carbocycles. The van der Waals surface area contributed by atoms with Crippen molar-refractivity contribution in [1.29, 1.82) is 0 Å². The molecular weight excluding hydrogens is 159 g/mol. The van der Waals surface area contributed by atoms with Gasteiger partial charge in [0.05, 0.1) is 5.69 Å². The van der Waals surface area contributed by atoms with Crippen molar-refractivity contribution in [3.8, 4) is 0 Å². The van der Waals surface area contributed by atoms with Crippen LogP contribution in [0.25, 0.3) is 0 Å². The Morgan fingerprint density at radius 1 is 1.70 bits per heavy atom. The van der Waals surface area contributed by atoms with Crippen LogP contribution in [0.4, 0.5) is 10.1 Å². The van der Waals surface area contributed by atoms with E-state index in [4.69, 9.17) is 17.3 Å². The number of hydrogen-bond acceptors (Lipinski definition) is 2. The van der Waals surface area contributed by atoms with E-state index in [9.17, 15) is 9.18 Å². The zero-order chi connectivity index (χ0) is 7.72. The summed E-state index contributed by atoms with van der Waals surface area (Å²) in [7, 11) is 0. The first-order valence-corrected chi connectivity index (χ1v) is 2.83. The molecule has 5 heteroatoms. The quantitative estimate of drug-likeness (QED) is 0.553. The van der Waals surface area contributed by atoms with Gasteiger partial charge in [-0.1, -0.05) is 11.6 Å². The molecule has 0 saturated heterocycles. The molecule has 1 rings (SSSR count). The number of nitrogen functional groups attached to an aromatic ring is 1. The number of H-pyrrole nitrogens is 1. The molecule has 3 N–H and O–H groups in total. The van der Waals surface area contributed by atoms with Gasteiger partial charge in [0, 0.05) is 6.07 Å². The molecule has 0 saturated carbocycles. The maximum absolute atomic E-state index is 12.4. The second-order valence-electron chi connectivity index (χ2n) is 1.72.